The molecule has 1 atom stereocenters. The van der Waals surface area contributed by atoms with Crippen molar-refractivity contribution in [1.29, 1.82) is 0 Å². The van der Waals surface area contributed by atoms with Gasteiger partial charge in [-0.05, 0) is 31.5 Å². The summed E-state index contributed by atoms with van der Waals surface area (Å²) >= 11 is 0. The van der Waals surface area contributed by atoms with Crippen LogP contribution in [0, 0.1) is 5.82 Å². The Morgan fingerprint density at radius 2 is 2.16 bits per heavy atom. The molecule has 1 unspecified atom stereocenters. The third kappa shape index (κ3) is 6.61. The van der Waals surface area contributed by atoms with Crippen LogP contribution in [-0.2, 0) is 9.47 Å². The van der Waals surface area contributed by atoms with E-state index < -0.39 is 0 Å². The van der Waals surface area contributed by atoms with E-state index in [2.05, 4.69) is 17.2 Å². The second-order valence-corrected chi connectivity index (χ2v) is 4.27. The lowest BCUT2D eigenvalue weighted by Gasteiger charge is -2.16. The van der Waals surface area contributed by atoms with Crippen LogP contribution in [0.2, 0.25) is 0 Å². The molecule has 0 fully saturated rings. The van der Waals surface area contributed by atoms with E-state index in [1.165, 1.54) is 12.3 Å². The quantitative estimate of drug-likeness (QED) is 0.663. The van der Waals surface area contributed by atoms with E-state index >= 15 is 0 Å². The van der Waals surface area contributed by atoms with Crippen LogP contribution in [0.5, 0.6) is 0 Å². The smallest absolute Gasteiger partial charge is 0.141 e. The van der Waals surface area contributed by atoms with Crippen molar-refractivity contribution in [2.45, 2.75) is 25.8 Å². The molecule has 0 radical (unpaired) electrons. The summed E-state index contributed by atoms with van der Waals surface area (Å²) in [5.74, 6) is -0.301. The minimum Gasteiger partial charge on any atom is -0.382 e. The zero-order valence-corrected chi connectivity index (χ0v) is 11.7. The minimum absolute atomic E-state index is 0.166. The zero-order chi connectivity index (χ0) is 13.9. The van der Waals surface area contributed by atoms with Crippen molar-refractivity contribution >= 4 is 0 Å². The molecular weight excluding hydrogens is 247 g/mol. The summed E-state index contributed by atoms with van der Waals surface area (Å²) in [5.41, 5.74) is 0.879. The van der Waals surface area contributed by atoms with Crippen LogP contribution in [0.15, 0.2) is 18.3 Å². The topological polar surface area (TPSA) is 43.4 Å². The predicted octanol–water partition coefficient (Wildman–Crippen LogP) is 2.31. The Kier molecular flexibility index (Phi) is 8.29. The predicted molar refractivity (Wildman–Crippen MR) is 72.5 cm³/mol. The summed E-state index contributed by atoms with van der Waals surface area (Å²) in [6, 6.07) is 3.34. The van der Waals surface area contributed by atoms with Crippen LogP contribution in [0.3, 0.4) is 0 Å². The van der Waals surface area contributed by atoms with Gasteiger partial charge >= 0.3 is 0 Å². The standard InChI is InChI=1S/C14H23FN2O2/c1-3-13(14-6-5-12(15)11-17-14)16-7-4-8-19-10-9-18-2/h5-6,11,13,16H,3-4,7-10H2,1-2H3. The maximum absolute atomic E-state index is 12.8. The summed E-state index contributed by atoms with van der Waals surface area (Å²) < 4.78 is 23.1. The van der Waals surface area contributed by atoms with Gasteiger partial charge in [-0.3, -0.25) is 4.98 Å². The molecule has 0 aliphatic rings. The highest BCUT2D eigenvalue weighted by molar-refractivity contribution is 5.09. The van der Waals surface area contributed by atoms with Crippen LogP contribution in [-0.4, -0.2) is 38.5 Å². The van der Waals surface area contributed by atoms with Crippen LogP contribution in [0.4, 0.5) is 4.39 Å². The number of halogens is 1. The molecule has 5 heteroatoms. The Balaban J connectivity index is 2.20. The average Bonchev–Trinajstić information content (AvgIpc) is 2.43. The third-order valence-corrected chi connectivity index (χ3v) is 2.80. The van der Waals surface area contributed by atoms with E-state index in [-0.39, 0.29) is 11.9 Å². The van der Waals surface area contributed by atoms with Gasteiger partial charge < -0.3 is 14.8 Å². The summed E-state index contributed by atoms with van der Waals surface area (Å²) in [6.45, 7) is 4.91. The van der Waals surface area contributed by atoms with Crippen molar-refractivity contribution in [3.05, 3.63) is 29.8 Å². The lowest BCUT2D eigenvalue weighted by molar-refractivity contribution is 0.0692. The number of rotatable bonds is 10. The molecule has 0 bridgehead atoms. The Labute approximate surface area is 114 Å². The number of nitrogens with one attached hydrogen (secondary N) is 1. The lowest BCUT2D eigenvalue weighted by atomic mass is 10.1. The highest BCUT2D eigenvalue weighted by Gasteiger charge is 2.09. The SMILES string of the molecule is CCC(NCCCOCCOC)c1ccc(F)cn1. The van der Waals surface area contributed by atoms with Crippen molar-refractivity contribution in [3.63, 3.8) is 0 Å². The molecule has 0 aromatic carbocycles. The molecule has 1 rings (SSSR count). The van der Waals surface area contributed by atoms with Gasteiger partial charge in [-0.15, -0.1) is 0 Å². The maximum atomic E-state index is 12.8. The van der Waals surface area contributed by atoms with Gasteiger partial charge in [-0.2, -0.15) is 0 Å². The average molecular weight is 270 g/mol. The fraction of sp³-hybridized carbons (Fsp3) is 0.643. The fourth-order valence-electron chi connectivity index (χ4n) is 1.75. The van der Waals surface area contributed by atoms with Gasteiger partial charge in [0.15, 0.2) is 0 Å². The molecule has 4 nitrogen and oxygen atoms in total. The normalized spacial score (nSPS) is 12.6. The second-order valence-electron chi connectivity index (χ2n) is 4.27. The number of pyridine rings is 1. The minimum atomic E-state index is -0.301. The van der Waals surface area contributed by atoms with Crippen molar-refractivity contribution in [2.75, 3.05) is 33.5 Å². The van der Waals surface area contributed by atoms with E-state index in [0.29, 0.717) is 19.8 Å². The number of ether oxygens (including phenoxy) is 2. The lowest BCUT2D eigenvalue weighted by Crippen LogP contribution is -2.23. The first kappa shape index (κ1) is 16.0. The van der Waals surface area contributed by atoms with Crippen LogP contribution >= 0.6 is 0 Å². The molecule has 19 heavy (non-hydrogen) atoms. The monoisotopic (exact) mass is 270 g/mol. The highest BCUT2D eigenvalue weighted by atomic mass is 19.1. The van der Waals surface area contributed by atoms with E-state index in [4.69, 9.17) is 9.47 Å². The van der Waals surface area contributed by atoms with Crippen molar-refractivity contribution in [3.8, 4) is 0 Å². The number of hydrogen-bond donors (Lipinski definition) is 1. The molecule has 1 heterocycles. The summed E-state index contributed by atoms with van der Waals surface area (Å²) in [7, 11) is 1.66. The summed E-state index contributed by atoms with van der Waals surface area (Å²) in [6.07, 6.45) is 3.11. The first-order valence-electron chi connectivity index (χ1n) is 6.69. The van der Waals surface area contributed by atoms with Crippen molar-refractivity contribution in [1.82, 2.24) is 10.3 Å². The second kappa shape index (κ2) is 9.83. The summed E-state index contributed by atoms with van der Waals surface area (Å²) in [5, 5.41) is 3.40. The maximum Gasteiger partial charge on any atom is 0.141 e. The van der Waals surface area contributed by atoms with Gasteiger partial charge in [0.25, 0.3) is 0 Å². The van der Waals surface area contributed by atoms with Gasteiger partial charge in [0.05, 0.1) is 25.1 Å². The van der Waals surface area contributed by atoms with Crippen molar-refractivity contribution < 1.29 is 13.9 Å². The Morgan fingerprint density at radius 3 is 2.79 bits per heavy atom. The number of nitrogens with zero attached hydrogens (tertiary/aromatic N) is 1. The molecule has 0 aliphatic heterocycles. The molecule has 108 valence electrons. The first-order valence-corrected chi connectivity index (χ1v) is 6.69. The van der Waals surface area contributed by atoms with Gasteiger partial charge in [-0.1, -0.05) is 6.92 Å². The van der Waals surface area contributed by atoms with Gasteiger partial charge in [0.1, 0.15) is 5.82 Å². The number of hydrogen-bond acceptors (Lipinski definition) is 4. The van der Waals surface area contributed by atoms with Crippen LogP contribution < -0.4 is 5.32 Å². The summed E-state index contributed by atoms with van der Waals surface area (Å²) in [4.78, 5) is 4.10. The molecule has 1 aromatic heterocycles. The first-order chi connectivity index (χ1) is 9.27. The van der Waals surface area contributed by atoms with Crippen LogP contribution in [0.1, 0.15) is 31.5 Å². The van der Waals surface area contributed by atoms with Gasteiger partial charge in [0, 0.05) is 19.8 Å². The Morgan fingerprint density at radius 1 is 1.32 bits per heavy atom. The van der Waals surface area contributed by atoms with Gasteiger partial charge in [-0.25, -0.2) is 4.39 Å². The molecular formula is C14H23FN2O2. The van der Waals surface area contributed by atoms with E-state index in [1.54, 1.807) is 13.2 Å². The molecule has 1 N–H and O–H groups in total. The molecule has 0 aliphatic carbocycles. The number of methoxy groups -OCH3 is 1. The van der Waals surface area contributed by atoms with E-state index in [0.717, 1.165) is 25.1 Å². The van der Waals surface area contributed by atoms with Crippen LogP contribution in [0.25, 0.3) is 0 Å². The Hall–Kier alpha value is -1.04. The third-order valence-electron chi connectivity index (χ3n) is 2.80. The highest BCUT2D eigenvalue weighted by Crippen LogP contribution is 2.13. The molecule has 1 aromatic rings. The van der Waals surface area contributed by atoms with E-state index in [1.807, 2.05) is 0 Å². The van der Waals surface area contributed by atoms with Gasteiger partial charge in [0.2, 0.25) is 0 Å². The molecule has 0 saturated carbocycles. The van der Waals surface area contributed by atoms with Crippen molar-refractivity contribution in [2.24, 2.45) is 0 Å². The fourth-order valence-corrected chi connectivity index (χ4v) is 1.75. The van der Waals surface area contributed by atoms with E-state index in [9.17, 15) is 4.39 Å². The largest absolute Gasteiger partial charge is 0.382 e. The molecule has 0 spiro atoms. The Bertz CT molecular complexity index is 333. The number of aromatic nitrogens is 1. The molecule has 0 amide bonds. The molecule has 0 saturated heterocycles. The zero-order valence-electron chi connectivity index (χ0n) is 11.7.